The van der Waals surface area contributed by atoms with Gasteiger partial charge in [0.05, 0.1) is 27.4 Å². The van der Waals surface area contributed by atoms with Crippen molar-refractivity contribution in [2.75, 3.05) is 4.90 Å². The molecular weight excluding hydrogens is 468 g/mol. The summed E-state index contributed by atoms with van der Waals surface area (Å²) >= 11 is 4.83. The molecule has 4 rings (SSSR count). The molecule has 2 aromatic carbocycles. The molecule has 0 saturated carbocycles. The van der Waals surface area contributed by atoms with Gasteiger partial charge in [-0.05, 0) is 43.3 Å². The molecule has 1 amide bonds. The van der Waals surface area contributed by atoms with Crippen molar-refractivity contribution in [2.24, 2.45) is 0 Å². The standard InChI is InChI=1S/C21H15BrN4O3S/c1-13-16(6-4-7-18(13)26(28)29)20(27)25(12-15-5-2-3-10-23-15)21-24-17-9-8-14(22)11-19(17)30-21/h2-11H,12H2,1H3. The summed E-state index contributed by atoms with van der Waals surface area (Å²) in [5.74, 6) is -0.361. The number of hydrogen-bond donors (Lipinski definition) is 0. The Bertz CT molecular complexity index is 1260. The largest absolute Gasteiger partial charge is 0.278 e. The van der Waals surface area contributed by atoms with Gasteiger partial charge in [-0.1, -0.05) is 39.4 Å². The average Bonchev–Trinajstić information content (AvgIpc) is 3.15. The van der Waals surface area contributed by atoms with Crippen LogP contribution < -0.4 is 4.90 Å². The Morgan fingerprint density at radius 2 is 2.03 bits per heavy atom. The minimum atomic E-state index is -0.482. The Labute approximate surface area is 184 Å². The predicted molar refractivity (Wildman–Crippen MR) is 120 cm³/mol. The SMILES string of the molecule is Cc1c(C(=O)N(Cc2ccccn2)c2nc3ccc(Br)cc3s2)cccc1[N+](=O)[O-]. The van der Waals surface area contributed by atoms with Crippen molar-refractivity contribution in [3.05, 3.63) is 92.2 Å². The monoisotopic (exact) mass is 482 g/mol. The average molecular weight is 483 g/mol. The van der Waals surface area contributed by atoms with Crippen molar-refractivity contribution in [3.8, 4) is 0 Å². The Kier molecular flexibility index (Phi) is 5.56. The van der Waals surface area contributed by atoms with E-state index in [0.29, 0.717) is 16.4 Å². The van der Waals surface area contributed by atoms with Crippen LogP contribution in [0.5, 0.6) is 0 Å². The first-order chi connectivity index (χ1) is 14.4. The zero-order valence-corrected chi connectivity index (χ0v) is 18.2. The molecule has 4 aromatic rings. The van der Waals surface area contributed by atoms with Gasteiger partial charge in [0, 0.05) is 27.9 Å². The summed E-state index contributed by atoms with van der Waals surface area (Å²) in [4.78, 5) is 34.8. The number of pyridine rings is 1. The van der Waals surface area contributed by atoms with Crippen molar-refractivity contribution >= 4 is 54.2 Å². The van der Waals surface area contributed by atoms with Crippen molar-refractivity contribution in [3.63, 3.8) is 0 Å². The number of nitro groups is 1. The maximum absolute atomic E-state index is 13.5. The molecule has 9 heteroatoms. The number of carbonyl (C=O) groups excluding carboxylic acids is 1. The van der Waals surface area contributed by atoms with E-state index in [1.54, 1.807) is 25.3 Å². The Morgan fingerprint density at radius 1 is 1.20 bits per heavy atom. The van der Waals surface area contributed by atoms with Gasteiger partial charge in [0.2, 0.25) is 0 Å². The number of fused-ring (bicyclic) bond motifs is 1. The van der Waals surface area contributed by atoms with E-state index in [2.05, 4.69) is 25.9 Å². The zero-order valence-electron chi connectivity index (χ0n) is 15.8. The lowest BCUT2D eigenvalue weighted by molar-refractivity contribution is -0.385. The van der Waals surface area contributed by atoms with Gasteiger partial charge in [-0.3, -0.25) is 24.8 Å². The van der Waals surface area contributed by atoms with Crippen LogP contribution in [0.15, 0.2) is 65.3 Å². The van der Waals surface area contributed by atoms with E-state index in [-0.39, 0.29) is 23.7 Å². The van der Waals surface area contributed by atoms with E-state index < -0.39 is 4.92 Å². The normalized spacial score (nSPS) is 10.9. The number of anilines is 1. The molecule has 0 aliphatic carbocycles. The van der Waals surface area contributed by atoms with Gasteiger partial charge in [-0.2, -0.15) is 0 Å². The molecule has 0 bridgehead atoms. The van der Waals surface area contributed by atoms with Gasteiger partial charge in [-0.15, -0.1) is 0 Å². The van der Waals surface area contributed by atoms with Gasteiger partial charge >= 0.3 is 0 Å². The number of halogens is 1. The number of nitrogens with zero attached hydrogens (tertiary/aromatic N) is 4. The number of rotatable bonds is 5. The fraction of sp³-hybridized carbons (Fsp3) is 0.0952. The van der Waals surface area contributed by atoms with Crippen LogP contribution >= 0.6 is 27.3 Å². The maximum Gasteiger partial charge on any atom is 0.273 e. The topological polar surface area (TPSA) is 89.2 Å². The second-order valence-electron chi connectivity index (χ2n) is 6.53. The molecular formula is C21H15BrN4O3S. The second kappa shape index (κ2) is 8.29. The smallest absolute Gasteiger partial charge is 0.273 e. The minimum absolute atomic E-state index is 0.0909. The lowest BCUT2D eigenvalue weighted by atomic mass is 10.1. The van der Waals surface area contributed by atoms with E-state index in [9.17, 15) is 14.9 Å². The molecule has 30 heavy (non-hydrogen) atoms. The molecule has 0 saturated heterocycles. The third-order valence-electron chi connectivity index (χ3n) is 4.59. The van der Waals surface area contributed by atoms with Gasteiger partial charge < -0.3 is 0 Å². The lowest BCUT2D eigenvalue weighted by Gasteiger charge is -2.20. The number of amides is 1. The summed E-state index contributed by atoms with van der Waals surface area (Å²) < 4.78 is 1.84. The summed E-state index contributed by atoms with van der Waals surface area (Å²) in [6, 6.07) is 15.7. The molecule has 0 aliphatic heterocycles. The quantitative estimate of drug-likeness (QED) is 0.276. The van der Waals surface area contributed by atoms with Crippen LogP contribution in [0.25, 0.3) is 10.2 Å². The van der Waals surface area contributed by atoms with E-state index in [0.717, 1.165) is 14.7 Å². The maximum atomic E-state index is 13.5. The van der Waals surface area contributed by atoms with E-state index in [1.807, 2.05) is 30.3 Å². The number of benzene rings is 2. The Balaban J connectivity index is 1.81. The summed E-state index contributed by atoms with van der Waals surface area (Å²) in [7, 11) is 0. The fourth-order valence-electron chi connectivity index (χ4n) is 3.08. The first-order valence-corrected chi connectivity index (χ1v) is 10.6. The highest BCUT2D eigenvalue weighted by molar-refractivity contribution is 9.10. The Morgan fingerprint density at radius 3 is 2.77 bits per heavy atom. The predicted octanol–water partition coefficient (Wildman–Crippen LogP) is 5.52. The van der Waals surface area contributed by atoms with Crippen LogP contribution in [-0.2, 0) is 6.54 Å². The molecule has 7 nitrogen and oxygen atoms in total. The molecule has 2 aromatic heterocycles. The summed E-state index contributed by atoms with van der Waals surface area (Å²) in [5.41, 5.74) is 1.96. The first-order valence-electron chi connectivity index (χ1n) is 8.96. The lowest BCUT2D eigenvalue weighted by Crippen LogP contribution is -2.31. The molecule has 0 spiro atoms. The fourth-order valence-corrected chi connectivity index (χ4v) is 4.60. The number of nitro benzene ring substituents is 1. The molecule has 0 unspecified atom stereocenters. The number of hydrogen-bond acceptors (Lipinski definition) is 6. The first kappa shape index (κ1) is 20.1. The van der Waals surface area contributed by atoms with E-state index in [1.165, 1.54) is 28.4 Å². The third kappa shape index (κ3) is 3.94. The summed E-state index contributed by atoms with van der Waals surface area (Å²) in [5, 5.41) is 11.8. The highest BCUT2D eigenvalue weighted by Crippen LogP contribution is 2.33. The van der Waals surface area contributed by atoms with Gasteiger partial charge in [0.1, 0.15) is 0 Å². The number of thiazole rings is 1. The minimum Gasteiger partial charge on any atom is -0.278 e. The van der Waals surface area contributed by atoms with E-state index >= 15 is 0 Å². The van der Waals surface area contributed by atoms with E-state index in [4.69, 9.17) is 0 Å². The molecule has 0 fully saturated rings. The van der Waals surface area contributed by atoms with Crippen LogP contribution in [0.4, 0.5) is 10.8 Å². The van der Waals surface area contributed by atoms with Crippen LogP contribution in [0, 0.1) is 17.0 Å². The molecule has 0 radical (unpaired) electrons. The van der Waals surface area contributed by atoms with Crippen molar-refractivity contribution in [1.29, 1.82) is 0 Å². The highest BCUT2D eigenvalue weighted by Gasteiger charge is 2.26. The van der Waals surface area contributed by atoms with Crippen molar-refractivity contribution in [2.45, 2.75) is 13.5 Å². The molecule has 150 valence electrons. The highest BCUT2D eigenvalue weighted by atomic mass is 79.9. The van der Waals surface area contributed by atoms with Crippen LogP contribution in [-0.4, -0.2) is 20.8 Å². The van der Waals surface area contributed by atoms with Crippen LogP contribution in [0.1, 0.15) is 21.6 Å². The Hall–Kier alpha value is -3.17. The summed E-state index contributed by atoms with van der Waals surface area (Å²) in [6.45, 7) is 1.78. The van der Waals surface area contributed by atoms with Gasteiger partial charge in [0.25, 0.3) is 11.6 Å². The molecule has 0 aliphatic rings. The third-order valence-corrected chi connectivity index (χ3v) is 6.13. The van der Waals surface area contributed by atoms with Crippen molar-refractivity contribution in [1.82, 2.24) is 9.97 Å². The second-order valence-corrected chi connectivity index (χ2v) is 8.45. The molecule has 0 atom stereocenters. The number of carbonyl (C=O) groups is 1. The van der Waals surface area contributed by atoms with Crippen LogP contribution in [0.3, 0.4) is 0 Å². The van der Waals surface area contributed by atoms with Gasteiger partial charge in [-0.25, -0.2) is 4.98 Å². The van der Waals surface area contributed by atoms with Crippen molar-refractivity contribution < 1.29 is 9.72 Å². The summed E-state index contributed by atoms with van der Waals surface area (Å²) in [6.07, 6.45) is 1.66. The van der Waals surface area contributed by atoms with Gasteiger partial charge in [0.15, 0.2) is 5.13 Å². The zero-order chi connectivity index (χ0) is 21.3. The molecule has 2 heterocycles. The van der Waals surface area contributed by atoms with Crippen LogP contribution in [0.2, 0.25) is 0 Å². The molecule has 0 N–H and O–H groups in total. The number of aromatic nitrogens is 2.